The largest absolute Gasteiger partial charge is 0.426 e. The van der Waals surface area contributed by atoms with Gasteiger partial charge in [-0.05, 0) is 13.0 Å². The Bertz CT molecular complexity index is 457. The fourth-order valence-corrected chi connectivity index (χ4v) is 1.81. The highest BCUT2D eigenvalue weighted by molar-refractivity contribution is 5.70. The van der Waals surface area contributed by atoms with E-state index in [0.29, 0.717) is 0 Å². The Hall–Kier alpha value is -1.56. The average Bonchev–Trinajstić information content (AvgIpc) is 2.26. The summed E-state index contributed by atoms with van der Waals surface area (Å²) in [6.45, 7) is 2.49. The minimum atomic E-state index is -4.39. The molecule has 0 saturated carbocycles. The molecule has 0 radical (unpaired) electrons. The highest BCUT2D eigenvalue weighted by atomic mass is 19.4. The number of ether oxygens (including phenoxy) is 2. The monoisotopic (exact) mass is 276 g/mol. The molecule has 0 aliphatic heterocycles. The molecule has 3 nitrogen and oxygen atoms in total. The van der Waals surface area contributed by atoms with E-state index in [9.17, 15) is 18.0 Å². The van der Waals surface area contributed by atoms with E-state index in [1.54, 1.807) is 12.1 Å². The van der Waals surface area contributed by atoms with Crippen LogP contribution in [-0.2, 0) is 15.1 Å². The van der Waals surface area contributed by atoms with Crippen LogP contribution >= 0.6 is 0 Å². The third-order valence-corrected chi connectivity index (χ3v) is 2.70. The molecular formula is C13H15F3O3. The van der Waals surface area contributed by atoms with Crippen LogP contribution in [0, 0.1) is 0 Å². The second-order valence-electron chi connectivity index (χ2n) is 4.32. The predicted octanol–water partition coefficient (Wildman–Crippen LogP) is 3.43. The molecular weight excluding hydrogens is 261 g/mol. The summed E-state index contributed by atoms with van der Waals surface area (Å²) >= 11 is 0. The lowest BCUT2D eigenvalue weighted by Crippen LogP contribution is -2.32. The van der Waals surface area contributed by atoms with E-state index < -0.39 is 24.2 Å². The van der Waals surface area contributed by atoms with Crippen molar-refractivity contribution < 1.29 is 27.4 Å². The van der Waals surface area contributed by atoms with Crippen molar-refractivity contribution in [1.29, 1.82) is 0 Å². The molecule has 0 aliphatic carbocycles. The predicted molar refractivity (Wildman–Crippen MR) is 62.8 cm³/mol. The topological polar surface area (TPSA) is 35.5 Å². The highest BCUT2D eigenvalue weighted by Crippen LogP contribution is 2.40. The second-order valence-corrected chi connectivity index (χ2v) is 4.32. The number of alkyl halides is 3. The Morgan fingerprint density at radius 3 is 2.32 bits per heavy atom. The van der Waals surface area contributed by atoms with Gasteiger partial charge in [-0.25, -0.2) is 0 Å². The second kappa shape index (κ2) is 5.61. The summed E-state index contributed by atoms with van der Waals surface area (Å²) in [5, 5.41) is 0. The lowest BCUT2D eigenvalue weighted by Gasteiger charge is -2.30. The number of halogens is 3. The van der Waals surface area contributed by atoms with Gasteiger partial charge in [-0.2, -0.15) is 13.2 Å². The SMILES string of the molecule is COC(C)(CC(F)(F)F)c1ccccc1OC(C)=O. The van der Waals surface area contributed by atoms with E-state index in [-0.39, 0.29) is 11.3 Å². The van der Waals surface area contributed by atoms with Crippen LogP contribution in [0.1, 0.15) is 25.8 Å². The van der Waals surface area contributed by atoms with Gasteiger partial charge in [0.1, 0.15) is 11.4 Å². The van der Waals surface area contributed by atoms with Gasteiger partial charge >= 0.3 is 12.1 Å². The Balaban J connectivity index is 3.20. The first kappa shape index (κ1) is 15.5. The van der Waals surface area contributed by atoms with Crippen molar-refractivity contribution in [1.82, 2.24) is 0 Å². The zero-order valence-electron chi connectivity index (χ0n) is 10.9. The quantitative estimate of drug-likeness (QED) is 0.624. The van der Waals surface area contributed by atoms with Crippen LogP contribution in [0.25, 0.3) is 0 Å². The van der Waals surface area contributed by atoms with Crippen molar-refractivity contribution in [2.45, 2.75) is 32.0 Å². The first-order chi connectivity index (χ1) is 8.68. The fourth-order valence-electron chi connectivity index (χ4n) is 1.81. The van der Waals surface area contributed by atoms with Crippen molar-refractivity contribution >= 4 is 5.97 Å². The van der Waals surface area contributed by atoms with E-state index in [1.165, 1.54) is 33.1 Å². The van der Waals surface area contributed by atoms with Crippen molar-refractivity contribution in [2.75, 3.05) is 7.11 Å². The lowest BCUT2D eigenvalue weighted by atomic mass is 9.91. The Morgan fingerprint density at radius 2 is 1.84 bits per heavy atom. The van der Waals surface area contributed by atoms with Crippen LogP contribution in [0.3, 0.4) is 0 Å². The number of rotatable bonds is 4. The molecule has 1 aromatic carbocycles. The van der Waals surface area contributed by atoms with Crippen LogP contribution in [0.5, 0.6) is 5.75 Å². The minimum absolute atomic E-state index is 0.0728. The lowest BCUT2D eigenvalue weighted by molar-refractivity contribution is -0.182. The maximum atomic E-state index is 12.6. The third-order valence-electron chi connectivity index (χ3n) is 2.70. The number of hydrogen-bond donors (Lipinski definition) is 0. The molecule has 6 heteroatoms. The molecule has 0 aromatic heterocycles. The summed E-state index contributed by atoms with van der Waals surface area (Å²) in [4.78, 5) is 11.0. The van der Waals surface area contributed by atoms with Crippen molar-refractivity contribution in [2.24, 2.45) is 0 Å². The number of benzene rings is 1. The first-order valence-corrected chi connectivity index (χ1v) is 5.58. The van der Waals surface area contributed by atoms with Gasteiger partial charge in [0, 0.05) is 19.6 Å². The van der Waals surface area contributed by atoms with E-state index in [4.69, 9.17) is 9.47 Å². The molecule has 0 fully saturated rings. The number of carbonyl (C=O) groups is 1. The zero-order valence-corrected chi connectivity index (χ0v) is 10.9. The summed E-state index contributed by atoms with van der Waals surface area (Å²) in [5.41, 5.74) is -1.42. The summed E-state index contributed by atoms with van der Waals surface area (Å²) < 4.78 is 47.8. The summed E-state index contributed by atoms with van der Waals surface area (Å²) in [7, 11) is 1.19. The molecule has 1 rings (SSSR count). The molecule has 0 heterocycles. The molecule has 0 amide bonds. The average molecular weight is 276 g/mol. The molecule has 0 saturated heterocycles. The van der Waals surface area contributed by atoms with Crippen LogP contribution in [-0.4, -0.2) is 19.3 Å². The van der Waals surface area contributed by atoms with Gasteiger partial charge in [-0.1, -0.05) is 18.2 Å². The Labute approximate surface area is 109 Å². The molecule has 0 bridgehead atoms. The van der Waals surface area contributed by atoms with Gasteiger partial charge in [0.2, 0.25) is 0 Å². The Kier molecular flexibility index (Phi) is 4.57. The van der Waals surface area contributed by atoms with Crippen LogP contribution in [0.4, 0.5) is 13.2 Å². The molecule has 0 N–H and O–H groups in total. The van der Waals surface area contributed by atoms with Gasteiger partial charge in [0.15, 0.2) is 0 Å². The maximum absolute atomic E-state index is 12.6. The molecule has 1 aromatic rings. The number of hydrogen-bond acceptors (Lipinski definition) is 3. The number of carbonyl (C=O) groups excluding carboxylic acids is 1. The van der Waals surface area contributed by atoms with Crippen molar-refractivity contribution in [3.63, 3.8) is 0 Å². The van der Waals surface area contributed by atoms with Crippen molar-refractivity contribution in [3.8, 4) is 5.75 Å². The van der Waals surface area contributed by atoms with Crippen LogP contribution in [0.2, 0.25) is 0 Å². The van der Waals surface area contributed by atoms with Crippen molar-refractivity contribution in [3.05, 3.63) is 29.8 Å². The summed E-state index contributed by atoms with van der Waals surface area (Å²) in [5.74, 6) is -0.526. The van der Waals surface area contributed by atoms with E-state index in [0.717, 1.165) is 0 Å². The van der Waals surface area contributed by atoms with E-state index in [2.05, 4.69) is 0 Å². The number of methoxy groups -OCH3 is 1. The van der Waals surface area contributed by atoms with Crippen LogP contribution in [0.15, 0.2) is 24.3 Å². The summed E-state index contributed by atoms with van der Waals surface area (Å²) in [6, 6.07) is 6.03. The Morgan fingerprint density at radius 1 is 1.26 bits per heavy atom. The number of para-hydroxylation sites is 1. The number of esters is 1. The van der Waals surface area contributed by atoms with Gasteiger partial charge in [-0.3, -0.25) is 4.79 Å². The summed E-state index contributed by atoms with van der Waals surface area (Å²) in [6.07, 6.45) is -5.57. The van der Waals surface area contributed by atoms with Gasteiger partial charge in [0.25, 0.3) is 0 Å². The highest BCUT2D eigenvalue weighted by Gasteiger charge is 2.42. The van der Waals surface area contributed by atoms with Gasteiger partial charge in [-0.15, -0.1) is 0 Å². The van der Waals surface area contributed by atoms with Gasteiger partial charge < -0.3 is 9.47 Å². The fraction of sp³-hybridized carbons (Fsp3) is 0.462. The van der Waals surface area contributed by atoms with E-state index >= 15 is 0 Å². The first-order valence-electron chi connectivity index (χ1n) is 5.58. The van der Waals surface area contributed by atoms with Gasteiger partial charge in [0.05, 0.1) is 6.42 Å². The molecule has 0 aliphatic rings. The zero-order chi connectivity index (χ0) is 14.7. The molecule has 0 spiro atoms. The minimum Gasteiger partial charge on any atom is -0.426 e. The van der Waals surface area contributed by atoms with E-state index in [1.807, 2.05) is 0 Å². The smallest absolute Gasteiger partial charge is 0.392 e. The normalized spacial score (nSPS) is 14.8. The molecule has 1 atom stereocenters. The maximum Gasteiger partial charge on any atom is 0.392 e. The third kappa shape index (κ3) is 4.24. The molecule has 1 unspecified atom stereocenters. The molecule has 106 valence electrons. The molecule has 19 heavy (non-hydrogen) atoms. The van der Waals surface area contributed by atoms with Crippen LogP contribution < -0.4 is 4.74 Å². The standard InChI is InChI=1S/C13H15F3O3/c1-9(17)19-11-7-5-4-6-10(11)12(2,18-3)8-13(14,15)16/h4-7H,8H2,1-3H3.